The number of fused-ring (bicyclic) bond motifs is 1. The molecule has 1 aromatic heterocycles. The van der Waals surface area contributed by atoms with Crippen LogP contribution in [0.1, 0.15) is 0 Å². The first-order valence-corrected chi connectivity index (χ1v) is 7.11. The number of nitrogens with zero attached hydrogens (tertiary/aromatic N) is 2. The first kappa shape index (κ1) is 13.1. The zero-order chi connectivity index (χ0) is 13.4. The van der Waals surface area contributed by atoms with Crippen molar-refractivity contribution in [2.75, 3.05) is 26.7 Å². The lowest BCUT2D eigenvalue weighted by Gasteiger charge is -2.30. The highest BCUT2D eigenvalue weighted by molar-refractivity contribution is 7.71. The molecule has 1 saturated heterocycles. The normalized spacial score (nSPS) is 21.1. The van der Waals surface area contributed by atoms with Crippen LogP contribution < -0.4 is 0 Å². The number of aromatic amines is 1. The van der Waals surface area contributed by atoms with E-state index in [1.165, 1.54) is 0 Å². The molecule has 1 aromatic carbocycles. The zero-order valence-corrected chi connectivity index (χ0v) is 12.3. The van der Waals surface area contributed by atoms with Crippen LogP contribution in [-0.4, -0.2) is 47.3 Å². The van der Waals surface area contributed by atoms with E-state index in [1.807, 2.05) is 22.8 Å². The summed E-state index contributed by atoms with van der Waals surface area (Å²) >= 11 is 11.7. The average Bonchev–Trinajstić information content (AvgIpc) is 2.67. The minimum absolute atomic E-state index is 0.153. The van der Waals surface area contributed by atoms with Crippen molar-refractivity contribution in [2.24, 2.45) is 0 Å². The Bertz CT molecular complexity index is 651. The maximum absolute atomic E-state index is 6.28. The number of hydrogen-bond acceptors (Lipinski definition) is 3. The van der Waals surface area contributed by atoms with E-state index >= 15 is 0 Å². The van der Waals surface area contributed by atoms with Crippen molar-refractivity contribution < 1.29 is 4.74 Å². The molecule has 1 aliphatic rings. The molecule has 0 spiro atoms. The van der Waals surface area contributed by atoms with Gasteiger partial charge >= 0.3 is 0 Å². The van der Waals surface area contributed by atoms with Gasteiger partial charge in [-0.05, 0) is 31.4 Å². The van der Waals surface area contributed by atoms with E-state index in [2.05, 4.69) is 16.9 Å². The number of halogens is 1. The topological polar surface area (TPSA) is 33.2 Å². The van der Waals surface area contributed by atoms with E-state index in [0.717, 1.165) is 37.3 Å². The summed E-state index contributed by atoms with van der Waals surface area (Å²) < 4.78 is 8.53. The molecular weight excluding hydrogens is 282 g/mol. The largest absolute Gasteiger partial charge is 0.374 e. The Morgan fingerprint density at radius 3 is 3.16 bits per heavy atom. The zero-order valence-electron chi connectivity index (χ0n) is 10.7. The fourth-order valence-electron chi connectivity index (χ4n) is 2.53. The van der Waals surface area contributed by atoms with E-state index in [-0.39, 0.29) is 6.10 Å². The van der Waals surface area contributed by atoms with Crippen molar-refractivity contribution in [3.05, 3.63) is 28.0 Å². The number of rotatable bonds is 2. The fraction of sp³-hybridized carbons (Fsp3) is 0.462. The highest BCUT2D eigenvalue weighted by atomic mass is 35.5. The molecule has 19 heavy (non-hydrogen) atoms. The molecule has 1 unspecified atom stereocenters. The number of ether oxygens (including phenoxy) is 1. The maximum atomic E-state index is 6.28. The van der Waals surface area contributed by atoms with E-state index < -0.39 is 0 Å². The number of para-hydroxylation sites is 1. The van der Waals surface area contributed by atoms with Gasteiger partial charge in [0.2, 0.25) is 0 Å². The van der Waals surface area contributed by atoms with Crippen LogP contribution in [0.15, 0.2) is 18.2 Å². The van der Waals surface area contributed by atoms with Gasteiger partial charge in [0.15, 0.2) is 4.77 Å². The van der Waals surface area contributed by atoms with Crippen molar-refractivity contribution in [1.82, 2.24) is 14.5 Å². The second kappa shape index (κ2) is 5.25. The van der Waals surface area contributed by atoms with Crippen molar-refractivity contribution in [3.8, 4) is 0 Å². The first-order valence-electron chi connectivity index (χ1n) is 6.32. The van der Waals surface area contributed by atoms with Gasteiger partial charge < -0.3 is 19.2 Å². The Hall–Kier alpha value is -0.880. The average molecular weight is 298 g/mol. The fourth-order valence-corrected chi connectivity index (χ4v) is 3.08. The maximum Gasteiger partial charge on any atom is 0.178 e. The predicted octanol–water partition coefficient (Wildman–Crippen LogP) is 2.68. The van der Waals surface area contributed by atoms with Crippen LogP contribution in [0.2, 0.25) is 5.02 Å². The molecular formula is C13H16ClN3OS. The van der Waals surface area contributed by atoms with E-state index in [4.69, 9.17) is 28.6 Å². The number of H-pyrrole nitrogens is 1. The summed E-state index contributed by atoms with van der Waals surface area (Å²) in [4.78, 5) is 5.46. The van der Waals surface area contributed by atoms with Crippen LogP contribution in [0.4, 0.5) is 0 Å². The van der Waals surface area contributed by atoms with Crippen molar-refractivity contribution >= 4 is 34.9 Å². The number of imidazole rings is 1. The van der Waals surface area contributed by atoms with E-state index in [0.29, 0.717) is 9.79 Å². The summed E-state index contributed by atoms with van der Waals surface area (Å²) in [6.07, 6.45) is 0.153. The Morgan fingerprint density at radius 2 is 2.37 bits per heavy atom. The molecule has 1 atom stereocenters. The van der Waals surface area contributed by atoms with Crippen LogP contribution in [0.25, 0.3) is 11.0 Å². The van der Waals surface area contributed by atoms with Gasteiger partial charge in [0.25, 0.3) is 0 Å². The van der Waals surface area contributed by atoms with Gasteiger partial charge in [0.05, 0.1) is 35.3 Å². The molecule has 0 aliphatic carbocycles. The Balaban J connectivity index is 1.96. The molecule has 3 rings (SSSR count). The van der Waals surface area contributed by atoms with Crippen LogP contribution >= 0.6 is 23.8 Å². The number of morpholine rings is 1. The summed E-state index contributed by atoms with van der Waals surface area (Å²) in [7, 11) is 2.11. The lowest BCUT2D eigenvalue weighted by Crippen LogP contribution is -2.41. The quantitative estimate of drug-likeness (QED) is 0.865. The van der Waals surface area contributed by atoms with Crippen molar-refractivity contribution in [3.63, 3.8) is 0 Å². The molecule has 2 heterocycles. The lowest BCUT2D eigenvalue weighted by atomic mass is 10.2. The van der Waals surface area contributed by atoms with Crippen molar-refractivity contribution in [1.29, 1.82) is 0 Å². The molecule has 0 bridgehead atoms. The summed E-state index contributed by atoms with van der Waals surface area (Å²) in [5, 5.41) is 0.717. The monoisotopic (exact) mass is 297 g/mol. The molecule has 0 radical (unpaired) electrons. The Labute approximate surface area is 121 Å². The SMILES string of the molecule is CN1CCOC(Cn2c(=S)[nH]c3cccc(Cl)c32)C1. The summed E-state index contributed by atoms with van der Waals surface area (Å²) in [5.74, 6) is 0. The molecule has 2 aromatic rings. The van der Waals surface area contributed by atoms with Gasteiger partial charge in [0, 0.05) is 13.1 Å². The summed E-state index contributed by atoms with van der Waals surface area (Å²) in [6, 6.07) is 5.80. The molecule has 0 saturated carbocycles. The second-order valence-corrected chi connectivity index (χ2v) is 5.73. The number of likely N-dealkylation sites (N-methyl/N-ethyl adjacent to an activating group) is 1. The lowest BCUT2D eigenvalue weighted by molar-refractivity contribution is -0.0271. The number of benzene rings is 1. The third-order valence-electron chi connectivity index (χ3n) is 3.47. The highest BCUT2D eigenvalue weighted by Gasteiger charge is 2.20. The minimum Gasteiger partial charge on any atom is -0.374 e. The van der Waals surface area contributed by atoms with Gasteiger partial charge in [-0.2, -0.15) is 0 Å². The number of hydrogen-bond donors (Lipinski definition) is 1. The summed E-state index contributed by atoms with van der Waals surface area (Å²) in [5.41, 5.74) is 1.94. The Morgan fingerprint density at radius 1 is 1.53 bits per heavy atom. The van der Waals surface area contributed by atoms with E-state index in [9.17, 15) is 0 Å². The molecule has 0 amide bonds. The van der Waals surface area contributed by atoms with Crippen LogP contribution in [0.5, 0.6) is 0 Å². The van der Waals surface area contributed by atoms with Crippen LogP contribution in [0, 0.1) is 4.77 Å². The predicted molar refractivity (Wildman–Crippen MR) is 79.4 cm³/mol. The highest BCUT2D eigenvalue weighted by Crippen LogP contribution is 2.24. The standard InChI is InChI=1S/C13H16ClN3OS/c1-16-5-6-18-9(7-16)8-17-12-10(14)3-2-4-11(12)15-13(17)19/h2-4,9H,5-8H2,1H3,(H,15,19). The molecule has 6 heteroatoms. The molecule has 1 N–H and O–H groups in total. The molecule has 1 fully saturated rings. The first-order chi connectivity index (χ1) is 9.15. The van der Waals surface area contributed by atoms with Gasteiger partial charge in [-0.25, -0.2) is 0 Å². The van der Waals surface area contributed by atoms with Gasteiger partial charge in [-0.15, -0.1) is 0 Å². The Kier molecular flexibility index (Phi) is 3.62. The van der Waals surface area contributed by atoms with Crippen LogP contribution in [0.3, 0.4) is 0 Å². The molecule has 102 valence electrons. The smallest absolute Gasteiger partial charge is 0.178 e. The van der Waals surface area contributed by atoms with Gasteiger partial charge in [-0.3, -0.25) is 0 Å². The third kappa shape index (κ3) is 2.56. The van der Waals surface area contributed by atoms with Gasteiger partial charge in [0.1, 0.15) is 0 Å². The third-order valence-corrected chi connectivity index (χ3v) is 4.10. The van der Waals surface area contributed by atoms with Crippen molar-refractivity contribution in [2.45, 2.75) is 12.6 Å². The molecule has 1 aliphatic heterocycles. The van der Waals surface area contributed by atoms with E-state index in [1.54, 1.807) is 0 Å². The number of nitrogens with one attached hydrogen (secondary N) is 1. The second-order valence-electron chi connectivity index (χ2n) is 4.93. The van der Waals surface area contributed by atoms with Gasteiger partial charge in [-0.1, -0.05) is 17.7 Å². The minimum atomic E-state index is 0.153. The number of aromatic nitrogens is 2. The summed E-state index contributed by atoms with van der Waals surface area (Å²) in [6.45, 7) is 3.40. The molecule has 4 nitrogen and oxygen atoms in total. The van der Waals surface area contributed by atoms with Crippen LogP contribution in [-0.2, 0) is 11.3 Å².